The number of benzene rings is 5. The minimum atomic E-state index is -0.922. The molecule has 0 fully saturated rings. The highest BCUT2D eigenvalue weighted by molar-refractivity contribution is 6.30. The molecule has 1 heterocycles. The van der Waals surface area contributed by atoms with E-state index in [0.29, 0.717) is 29.1 Å². The fourth-order valence-corrected chi connectivity index (χ4v) is 6.78. The van der Waals surface area contributed by atoms with Crippen molar-refractivity contribution < 1.29 is 19.4 Å². The normalized spacial score (nSPS) is 16.3. The van der Waals surface area contributed by atoms with Crippen LogP contribution in [0.5, 0.6) is 5.75 Å². The summed E-state index contributed by atoms with van der Waals surface area (Å²) in [7, 11) is 0. The van der Waals surface area contributed by atoms with Crippen LogP contribution in [0.3, 0.4) is 0 Å². The average Bonchev–Trinajstić information content (AvgIpc) is 3.08. The van der Waals surface area contributed by atoms with Crippen LogP contribution in [0.4, 0.5) is 5.69 Å². The van der Waals surface area contributed by atoms with Crippen molar-refractivity contribution in [2.75, 3.05) is 5.73 Å². The Labute approximate surface area is 271 Å². The van der Waals surface area contributed by atoms with Crippen molar-refractivity contribution in [2.45, 2.75) is 25.2 Å². The van der Waals surface area contributed by atoms with Gasteiger partial charge in [0.1, 0.15) is 12.0 Å². The summed E-state index contributed by atoms with van der Waals surface area (Å²) in [5.41, 5.74) is 15.6. The van der Waals surface area contributed by atoms with E-state index < -0.39 is 5.97 Å². The van der Waals surface area contributed by atoms with Crippen LogP contribution in [0, 0.1) is 0 Å². The summed E-state index contributed by atoms with van der Waals surface area (Å²) in [5.74, 6) is 0.230. The zero-order chi connectivity index (χ0) is 31.8. The molecule has 226 valence electrons. The van der Waals surface area contributed by atoms with E-state index in [9.17, 15) is 9.59 Å². The Morgan fingerprint density at radius 2 is 1.63 bits per heavy atom. The smallest absolute Gasteiger partial charge is 0.335 e. The number of hydrogen-bond acceptors (Lipinski definition) is 4. The Hall–Kier alpha value is -5.39. The molecule has 46 heavy (non-hydrogen) atoms. The van der Waals surface area contributed by atoms with Gasteiger partial charge < -0.3 is 15.6 Å². The lowest BCUT2D eigenvalue weighted by atomic mass is 9.72. The number of nitrogen functional groups attached to an aromatic ring is 1. The monoisotopic (exact) mass is 623 g/mol. The van der Waals surface area contributed by atoms with Crippen LogP contribution in [0.25, 0.3) is 27.5 Å². The molecule has 0 bridgehead atoms. The third-order valence-electron chi connectivity index (χ3n) is 8.80. The largest absolute Gasteiger partial charge is 0.478 e. The molecule has 0 amide bonds. The van der Waals surface area contributed by atoms with Gasteiger partial charge in [0.05, 0.1) is 5.57 Å². The Bertz CT molecular complexity index is 2110. The van der Waals surface area contributed by atoms with E-state index in [1.165, 1.54) is 23.0 Å². The van der Waals surface area contributed by atoms with Gasteiger partial charge in [0.2, 0.25) is 0 Å². The van der Waals surface area contributed by atoms with Gasteiger partial charge in [-0.15, -0.1) is 0 Å². The predicted molar refractivity (Wildman–Crippen MR) is 184 cm³/mol. The van der Waals surface area contributed by atoms with Gasteiger partial charge in [-0.3, -0.25) is 4.79 Å². The fraction of sp³-hybridized carbons (Fsp3) is 0.100. The van der Waals surface area contributed by atoms with Gasteiger partial charge in [-0.05, 0) is 81.1 Å². The van der Waals surface area contributed by atoms with Crippen molar-refractivity contribution >= 4 is 45.4 Å². The van der Waals surface area contributed by atoms with Gasteiger partial charge >= 0.3 is 5.97 Å². The van der Waals surface area contributed by atoms with Crippen LogP contribution in [-0.4, -0.2) is 16.9 Å². The number of anilines is 1. The van der Waals surface area contributed by atoms with Crippen LogP contribution in [-0.2, 0) is 11.2 Å². The first kappa shape index (κ1) is 29.3. The molecule has 5 aromatic carbocycles. The third kappa shape index (κ3) is 5.50. The second kappa shape index (κ2) is 12.2. The Morgan fingerprint density at radius 3 is 2.41 bits per heavy atom. The van der Waals surface area contributed by atoms with Crippen molar-refractivity contribution in [3.8, 4) is 16.9 Å². The lowest BCUT2D eigenvalue weighted by Gasteiger charge is -2.31. The van der Waals surface area contributed by atoms with E-state index >= 15 is 0 Å². The van der Waals surface area contributed by atoms with Gasteiger partial charge in [0, 0.05) is 40.4 Å². The molecule has 0 saturated heterocycles. The Kier molecular flexibility index (Phi) is 7.77. The maximum absolute atomic E-state index is 13.7. The second-order valence-electron chi connectivity index (χ2n) is 11.7. The first-order valence-corrected chi connectivity index (χ1v) is 15.5. The molecule has 0 aromatic heterocycles. The van der Waals surface area contributed by atoms with Crippen molar-refractivity contribution in [2.24, 2.45) is 0 Å². The number of rotatable bonds is 3. The van der Waals surface area contributed by atoms with E-state index in [2.05, 4.69) is 48.6 Å². The number of ketones is 1. The number of Topliss-reactive ketones (excluding diaryl/α,β-unsaturated/α-hetero) is 1. The van der Waals surface area contributed by atoms with Crippen molar-refractivity contribution in [3.63, 3.8) is 0 Å². The number of fused-ring (bicyclic) bond motifs is 5. The quantitative estimate of drug-likeness (QED) is 0.195. The number of carboxylic acids is 1. The Morgan fingerprint density at radius 1 is 0.870 bits per heavy atom. The summed E-state index contributed by atoms with van der Waals surface area (Å²) >= 11 is 6.14. The molecule has 0 spiro atoms. The molecule has 6 heteroatoms. The van der Waals surface area contributed by atoms with Gasteiger partial charge in [-0.25, -0.2) is 4.79 Å². The molecule has 5 nitrogen and oxygen atoms in total. The highest BCUT2D eigenvalue weighted by Crippen LogP contribution is 2.47. The van der Waals surface area contributed by atoms with Crippen molar-refractivity contribution in [3.05, 3.63) is 160 Å². The van der Waals surface area contributed by atoms with Gasteiger partial charge in [-0.2, -0.15) is 0 Å². The summed E-state index contributed by atoms with van der Waals surface area (Å²) in [4.78, 5) is 24.4. The van der Waals surface area contributed by atoms with E-state index in [0.717, 1.165) is 50.8 Å². The molecule has 0 radical (unpaired) electrons. The number of carbonyl (C=O) groups excluding carboxylic acids is 1. The summed E-state index contributed by atoms with van der Waals surface area (Å²) < 4.78 is 5.15. The minimum Gasteiger partial charge on any atom is -0.478 e. The molecule has 1 aliphatic heterocycles. The maximum atomic E-state index is 13.7. The highest BCUT2D eigenvalue weighted by Gasteiger charge is 2.32. The Balaban J connectivity index is 0.000000218. The number of carbonyl (C=O) groups is 2. The lowest BCUT2D eigenvalue weighted by molar-refractivity contribution is -0.132. The SMILES string of the molecule is Nc1cc(-c2ccc(Cl)cc2)c2c3c(ccc2c1)C1=C(CC3=O)C(c2ccccc2)CC=C1.O=C(O)C1=COc2ccccc2C1. The van der Waals surface area contributed by atoms with Gasteiger partial charge in [-0.1, -0.05) is 96.5 Å². The van der Waals surface area contributed by atoms with Gasteiger partial charge in [0.25, 0.3) is 0 Å². The van der Waals surface area contributed by atoms with Crippen molar-refractivity contribution in [1.82, 2.24) is 0 Å². The number of allylic oxidation sites excluding steroid dienone is 4. The molecular formula is C40H30ClNO4. The standard InChI is InChI=1S/C30H22ClNO.C10H8O3/c31-21-12-9-19(10-13-21)26-16-22(32)15-20-11-14-25-24-8-4-7-23(18-5-2-1-3-6-18)27(24)17-28(33)30(25)29(20)26;11-10(12)8-5-7-3-1-2-4-9(7)13-6-8/h1-6,8-16,23H,7,17,32H2;1-4,6H,5H2,(H,11,12). The zero-order valence-electron chi connectivity index (χ0n) is 24.9. The van der Waals surface area contributed by atoms with Crippen LogP contribution >= 0.6 is 11.6 Å². The fourth-order valence-electron chi connectivity index (χ4n) is 6.66. The molecule has 1 unspecified atom stereocenters. The number of nitrogens with two attached hydrogens (primary N) is 1. The van der Waals surface area contributed by atoms with Crippen molar-refractivity contribution in [1.29, 1.82) is 0 Å². The number of para-hydroxylation sites is 1. The van der Waals surface area contributed by atoms with Gasteiger partial charge in [0.15, 0.2) is 5.78 Å². The molecule has 2 aliphatic carbocycles. The number of carboxylic acid groups (broad SMARTS) is 1. The molecule has 0 saturated carbocycles. The van der Waals surface area contributed by atoms with Crippen LogP contribution in [0.1, 0.15) is 45.8 Å². The van der Waals surface area contributed by atoms with Crippen LogP contribution in [0.15, 0.2) is 133 Å². The maximum Gasteiger partial charge on any atom is 0.335 e. The summed E-state index contributed by atoms with van der Waals surface area (Å²) in [6.45, 7) is 0. The first-order valence-electron chi connectivity index (χ1n) is 15.1. The van der Waals surface area contributed by atoms with Crippen LogP contribution < -0.4 is 10.5 Å². The topological polar surface area (TPSA) is 89.6 Å². The molecule has 3 N–H and O–H groups in total. The molecule has 8 rings (SSSR count). The number of ether oxygens (including phenoxy) is 1. The summed E-state index contributed by atoms with van der Waals surface area (Å²) in [6, 6.07) is 33.7. The number of aliphatic carboxylic acids is 1. The van der Waals surface area contributed by atoms with Crippen LogP contribution in [0.2, 0.25) is 5.02 Å². The second-order valence-corrected chi connectivity index (χ2v) is 12.1. The molecule has 5 aromatic rings. The third-order valence-corrected chi connectivity index (χ3v) is 9.05. The van der Waals surface area contributed by atoms with E-state index in [4.69, 9.17) is 27.2 Å². The van der Waals surface area contributed by atoms with E-state index in [1.54, 1.807) is 0 Å². The average molecular weight is 624 g/mol. The van der Waals surface area contributed by atoms with E-state index in [1.807, 2.05) is 66.7 Å². The zero-order valence-corrected chi connectivity index (χ0v) is 25.6. The molecule has 1 atom stereocenters. The summed E-state index contributed by atoms with van der Waals surface area (Å²) in [5, 5.41) is 11.3. The summed E-state index contributed by atoms with van der Waals surface area (Å²) in [6.07, 6.45) is 7.53. The first-order chi connectivity index (χ1) is 22.4. The predicted octanol–water partition coefficient (Wildman–Crippen LogP) is 9.42. The molecular weight excluding hydrogens is 594 g/mol. The lowest BCUT2D eigenvalue weighted by Crippen LogP contribution is -2.18. The number of halogens is 1. The van der Waals surface area contributed by atoms with E-state index in [-0.39, 0.29) is 11.7 Å². The minimum absolute atomic E-state index is 0.172. The highest BCUT2D eigenvalue weighted by atomic mass is 35.5. The number of hydrogen-bond donors (Lipinski definition) is 2. The molecule has 3 aliphatic rings.